The Bertz CT molecular complexity index is 954. The molecule has 26 heavy (non-hydrogen) atoms. The van der Waals surface area contributed by atoms with Gasteiger partial charge in [0.2, 0.25) is 5.82 Å². The van der Waals surface area contributed by atoms with Crippen LogP contribution in [-0.2, 0) is 6.54 Å². The van der Waals surface area contributed by atoms with E-state index in [1.165, 1.54) is 6.20 Å². The molecule has 0 aliphatic carbocycles. The maximum absolute atomic E-state index is 12.2. The maximum atomic E-state index is 12.2. The molecule has 0 radical (unpaired) electrons. The number of benzene rings is 1. The molecule has 0 saturated carbocycles. The first-order valence-corrected chi connectivity index (χ1v) is 7.69. The number of allylic oxidation sites excluding steroid dienone is 1. The summed E-state index contributed by atoms with van der Waals surface area (Å²) >= 11 is 0. The molecule has 3 aromatic rings. The van der Waals surface area contributed by atoms with Crippen molar-refractivity contribution in [3.8, 4) is 6.07 Å². The van der Waals surface area contributed by atoms with Gasteiger partial charge in [0.05, 0.1) is 12.8 Å². The summed E-state index contributed by atoms with van der Waals surface area (Å²) in [5.41, 5.74) is 2.36. The van der Waals surface area contributed by atoms with E-state index < -0.39 is 0 Å². The number of anilines is 1. The summed E-state index contributed by atoms with van der Waals surface area (Å²) in [5, 5.41) is 28.2. The summed E-state index contributed by atoms with van der Waals surface area (Å²) < 4.78 is 5.18. The third-order valence-electron chi connectivity index (χ3n) is 3.57. The number of carbonyl (C=O) groups excluding carboxylic acids is 1. The van der Waals surface area contributed by atoms with Crippen molar-refractivity contribution in [1.82, 2.24) is 25.9 Å². The molecule has 9 heteroatoms. The molecule has 0 saturated heterocycles. The zero-order chi connectivity index (χ0) is 18.4. The van der Waals surface area contributed by atoms with Crippen molar-refractivity contribution in [2.75, 3.05) is 5.32 Å². The summed E-state index contributed by atoms with van der Waals surface area (Å²) in [4.78, 5) is 12.2. The zero-order valence-corrected chi connectivity index (χ0v) is 13.9. The number of furan rings is 1. The van der Waals surface area contributed by atoms with Gasteiger partial charge in [-0.25, -0.2) is 0 Å². The lowest BCUT2D eigenvalue weighted by atomic mass is 10.1. The molecule has 2 heterocycles. The van der Waals surface area contributed by atoms with Crippen LogP contribution in [0, 0.1) is 18.3 Å². The van der Waals surface area contributed by atoms with Crippen LogP contribution in [0.25, 0.3) is 5.57 Å². The summed E-state index contributed by atoms with van der Waals surface area (Å²) in [6.07, 6.45) is 3.05. The van der Waals surface area contributed by atoms with E-state index in [9.17, 15) is 4.79 Å². The highest BCUT2D eigenvalue weighted by Crippen LogP contribution is 2.18. The number of nitrogens with zero attached hydrogens (tertiary/aromatic N) is 4. The van der Waals surface area contributed by atoms with E-state index in [2.05, 4.69) is 31.3 Å². The third kappa shape index (κ3) is 3.93. The molecule has 9 nitrogen and oxygen atoms in total. The second kappa shape index (κ2) is 7.76. The highest BCUT2D eigenvalue weighted by atomic mass is 16.3. The van der Waals surface area contributed by atoms with E-state index in [0.717, 1.165) is 11.3 Å². The minimum absolute atomic E-state index is 0.198. The van der Waals surface area contributed by atoms with Gasteiger partial charge in [0, 0.05) is 17.5 Å². The Morgan fingerprint density at radius 2 is 2.31 bits per heavy atom. The predicted octanol–water partition coefficient (Wildman–Crippen LogP) is 2.01. The number of amides is 1. The molecular formula is C17H15N7O2. The minimum Gasteiger partial charge on any atom is -0.467 e. The Balaban J connectivity index is 1.67. The van der Waals surface area contributed by atoms with E-state index in [1.54, 1.807) is 36.6 Å². The number of aromatic amines is 1. The van der Waals surface area contributed by atoms with Crippen LogP contribution in [0.1, 0.15) is 27.5 Å². The number of rotatable bonds is 6. The van der Waals surface area contributed by atoms with Gasteiger partial charge in [0.1, 0.15) is 17.4 Å². The molecule has 0 bridgehead atoms. The number of aromatic nitrogens is 4. The molecule has 130 valence electrons. The number of hydrogen-bond acceptors (Lipinski definition) is 7. The number of nitrogens with one attached hydrogen (secondary N) is 3. The Hall–Kier alpha value is -3.93. The number of hydrogen-bond donors (Lipinski definition) is 3. The van der Waals surface area contributed by atoms with Crippen LogP contribution in [0.2, 0.25) is 0 Å². The summed E-state index contributed by atoms with van der Waals surface area (Å²) in [6, 6.07) is 10.8. The van der Waals surface area contributed by atoms with Crippen LogP contribution >= 0.6 is 0 Å². The first-order valence-electron chi connectivity index (χ1n) is 7.69. The van der Waals surface area contributed by atoms with Crippen LogP contribution in [0.5, 0.6) is 0 Å². The average Bonchev–Trinajstić information content (AvgIpc) is 3.35. The molecule has 0 aliphatic rings. The van der Waals surface area contributed by atoms with Crippen LogP contribution in [0.3, 0.4) is 0 Å². The summed E-state index contributed by atoms with van der Waals surface area (Å²) in [6.45, 7) is 2.18. The second-order valence-electron chi connectivity index (χ2n) is 5.34. The highest BCUT2D eigenvalue weighted by Gasteiger charge is 2.09. The first kappa shape index (κ1) is 16.9. The lowest BCUT2D eigenvalue weighted by molar-refractivity contribution is 0.0948. The fraction of sp³-hybridized carbons (Fsp3) is 0.118. The number of aryl methyl sites for hydroxylation is 1. The zero-order valence-electron chi connectivity index (χ0n) is 13.9. The van der Waals surface area contributed by atoms with Crippen molar-refractivity contribution in [1.29, 1.82) is 5.26 Å². The van der Waals surface area contributed by atoms with Gasteiger partial charge in [0.15, 0.2) is 0 Å². The number of carbonyl (C=O) groups is 1. The molecule has 3 rings (SSSR count). The van der Waals surface area contributed by atoms with E-state index in [4.69, 9.17) is 9.68 Å². The second-order valence-corrected chi connectivity index (χ2v) is 5.34. The van der Waals surface area contributed by atoms with Gasteiger partial charge >= 0.3 is 0 Å². The monoisotopic (exact) mass is 349 g/mol. The summed E-state index contributed by atoms with van der Waals surface area (Å²) in [5.74, 6) is 0.687. The molecule has 1 aromatic carbocycles. The van der Waals surface area contributed by atoms with Crippen molar-refractivity contribution in [2.24, 2.45) is 0 Å². The van der Waals surface area contributed by atoms with Crippen LogP contribution < -0.4 is 10.6 Å². The topological polar surface area (TPSA) is 133 Å². The average molecular weight is 349 g/mol. The Kier molecular flexibility index (Phi) is 5.05. The van der Waals surface area contributed by atoms with Gasteiger partial charge in [-0.05, 0) is 48.0 Å². The molecule has 2 aromatic heterocycles. The molecule has 1 amide bonds. The Labute approximate surface area is 148 Å². The Morgan fingerprint density at radius 1 is 1.42 bits per heavy atom. The molecule has 0 aliphatic heterocycles. The Morgan fingerprint density at radius 3 is 2.96 bits per heavy atom. The lowest BCUT2D eigenvalue weighted by Gasteiger charge is -2.09. The van der Waals surface area contributed by atoms with Gasteiger partial charge in [-0.2, -0.15) is 10.5 Å². The first-order chi connectivity index (χ1) is 12.7. The smallest absolute Gasteiger partial charge is 0.251 e. The quantitative estimate of drug-likeness (QED) is 0.580. The lowest BCUT2D eigenvalue weighted by Crippen LogP contribution is -2.22. The normalized spacial score (nSPS) is 11.0. The van der Waals surface area contributed by atoms with Crippen LogP contribution in [0.4, 0.5) is 5.69 Å². The highest BCUT2D eigenvalue weighted by molar-refractivity contribution is 5.94. The number of tetrazole rings is 1. The van der Waals surface area contributed by atoms with E-state index in [0.29, 0.717) is 17.9 Å². The number of nitriles is 1. The minimum atomic E-state index is -0.198. The van der Waals surface area contributed by atoms with Crippen molar-refractivity contribution in [3.05, 3.63) is 65.5 Å². The molecule has 0 atom stereocenters. The van der Waals surface area contributed by atoms with Crippen LogP contribution in [0.15, 0.2) is 47.2 Å². The van der Waals surface area contributed by atoms with Gasteiger partial charge in [-0.1, -0.05) is 0 Å². The van der Waals surface area contributed by atoms with Gasteiger partial charge < -0.3 is 15.1 Å². The van der Waals surface area contributed by atoms with Crippen molar-refractivity contribution in [3.63, 3.8) is 0 Å². The molecule has 3 N–H and O–H groups in total. The van der Waals surface area contributed by atoms with Crippen molar-refractivity contribution >= 4 is 17.2 Å². The van der Waals surface area contributed by atoms with E-state index in [1.807, 2.05) is 13.0 Å². The summed E-state index contributed by atoms with van der Waals surface area (Å²) in [7, 11) is 0. The van der Waals surface area contributed by atoms with Crippen LogP contribution in [-0.4, -0.2) is 26.5 Å². The fourth-order valence-corrected chi connectivity index (χ4v) is 2.22. The van der Waals surface area contributed by atoms with Crippen molar-refractivity contribution in [2.45, 2.75) is 13.5 Å². The largest absolute Gasteiger partial charge is 0.467 e. The van der Waals surface area contributed by atoms with Gasteiger partial charge in [-0.3, -0.25) is 4.79 Å². The van der Waals surface area contributed by atoms with E-state index >= 15 is 0 Å². The standard InChI is InChI=1S/C17H15N7O2/c1-11-7-12(17(25)20-10-14-3-2-6-26-14)4-5-15(11)19-9-13(8-18)16-21-23-24-22-16/h2-7,9,19H,10H2,1H3,(H,20,25)(H,21,22,23,24). The van der Waals surface area contributed by atoms with Crippen molar-refractivity contribution < 1.29 is 9.21 Å². The van der Waals surface area contributed by atoms with Gasteiger partial charge in [-0.15, -0.1) is 10.2 Å². The predicted molar refractivity (Wildman–Crippen MR) is 92.4 cm³/mol. The maximum Gasteiger partial charge on any atom is 0.251 e. The SMILES string of the molecule is Cc1cc(C(=O)NCc2ccco2)ccc1NC=C(C#N)c1nn[nH]n1. The van der Waals surface area contributed by atoms with E-state index in [-0.39, 0.29) is 17.3 Å². The van der Waals surface area contributed by atoms with Gasteiger partial charge in [0.25, 0.3) is 5.91 Å². The molecule has 0 fully saturated rings. The number of H-pyrrole nitrogens is 1. The molecule has 0 spiro atoms. The molecular weight excluding hydrogens is 334 g/mol. The molecule has 0 unspecified atom stereocenters. The third-order valence-corrected chi connectivity index (χ3v) is 3.57. The fourth-order valence-electron chi connectivity index (χ4n) is 2.22.